The van der Waals surface area contributed by atoms with Crippen molar-refractivity contribution in [3.63, 3.8) is 0 Å². The highest BCUT2D eigenvalue weighted by Gasteiger charge is 2.20. The molecule has 0 spiro atoms. The van der Waals surface area contributed by atoms with Gasteiger partial charge in [0.25, 0.3) is 5.91 Å². The molecule has 0 unspecified atom stereocenters. The van der Waals surface area contributed by atoms with E-state index in [0.29, 0.717) is 11.9 Å². The fourth-order valence-electron chi connectivity index (χ4n) is 4.83. The van der Waals surface area contributed by atoms with E-state index >= 15 is 0 Å². The van der Waals surface area contributed by atoms with Gasteiger partial charge < -0.3 is 29.4 Å². The van der Waals surface area contributed by atoms with Gasteiger partial charge in [0, 0.05) is 38.9 Å². The van der Waals surface area contributed by atoms with Gasteiger partial charge in [-0.15, -0.1) is 0 Å². The minimum Gasteiger partial charge on any atom is -0.507 e. The molecule has 0 radical (unpaired) electrons. The second-order valence-corrected chi connectivity index (χ2v) is 11.0. The van der Waals surface area contributed by atoms with Crippen LogP contribution in [0.4, 0.5) is 0 Å². The van der Waals surface area contributed by atoms with Crippen molar-refractivity contribution in [2.45, 2.75) is 32.5 Å². The van der Waals surface area contributed by atoms with Crippen molar-refractivity contribution in [2.75, 3.05) is 33.2 Å². The Kier molecular flexibility index (Phi) is 8.02. The Morgan fingerprint density at radius 1 is 1.15 bits per heavy atom. The van der Waals surface area contributed by atoms with Crippen molar-refractivity contribution in [3.05, 3.63) is 77.2 Å². The Morgan fingerprint density at radius 2 is 1.93 bits per heavy atom. The van der Waals surface area contributed by atoms with Crippen LogP contribution < -0.4 is 10.4 Å². The quantitative estimate of drug-likeness (QED) is 0.281. The van der Waals surface area contributed by atoms with E-state index in [1.807, 2.05) is 10.6 Å². The van der Waals surface area contributed by atoms with Crippen LogP contribution in [0, 0.1) is 0 Å². The lowest BCUT2D eigenvalue weighted by molar-refractivity contribution is 0.0612. The summed E-state index contributed by atoms with van der Waals surface area (Å²) in [6.45, 7) is 8.50. The number of H-pyrrole nitrogens is 1. The first-order chi connectivity index (χ1) is 19.6. The van der Waals surface area contributed by atoms with Gasteiger partial charge in [0.05, 0.1) is 40.5 Å². The highest BCUT2D eigenvalue weighted by molar-refractivity contribution is 5.95. The number of likely N-dealkylation sites (N-methyl/N-ethyl adjacent to an activating group) is 1. The Morgan fingerprint density at radius 3 is 2.66 bits per heavy atom. The van der Waals surface area contributed by atoms with Gasteiger partial charge in [0.1, 0.15) is 17.2 Å². The smallest absolute Gasteiger partial charge is 0.281 e. The Labute approximate surface area is 237 Å². The molecule has 3 N–H and O–H groups in total. The minimum atomic E-state index is -1.06. The molecule has 1 fully saturated rings. The number of amides is 1. The van der Waals surface area contributed by atoms with Crippen molar-refractivity contribution < 1.29 is 24.5 Å². The summed E-state index contributed by atoms with van der Waals surface area (Å²) in [5, 5.41) is 20.6. The molecule has 5 rings (SSSR count). The van der Waals surface area contributed by atoms with E-state index in [1.165, 1.54) is 30.6 Å². The van der Waals surface area contributed by atoms with Gasteiger partial charge in [-0.25, -0.2) is 0 Å². The summed E-state index contributed by atoms with van der Waals surface area (Å²) in [6.07, 6.45) is 3.27. The minimum absolute atomic E-state index is 0.00774. The molecule has 41 heavy (non-hydrogen) atoms. The third-order valence-electron chi connectivity index (χ3n) is 6.96. The van der Waals surface area contributed by atoms with Gasteiger partial charge in [0.15, 0.2) is 6.29 Å². The van der Waals surface area contributed by atoms with Gasteiger partial charge in [0.2, 0.25) is 5.62 Å². The van der Waals surface area contributed by atoms with Crippen molar-refractivity contribution in [2.24, 2.45) is 4.99 Å². The predicted octanol–water partition coefficient (Wildman–Crippen LogP) is 2.93. The number of rotatable bonds is 8. The van der Waals surface area contributed by atoms with Crippen LogP contribution in [0.2, 0.25) is 0 Å². The number of aromatic hydroxyl groups is 1. The number of phenols is 1. The summed E-state index contributed by atoms with van der Waals surface area (Å²) in [5.74, 6) is -0.443. The molecule has 11 nitrogen and oxygen atoms in total. The van der Waals surface area contributed by atoms with E-state index in [-0.39, 0.29) is 34.9 Å². The summed E-state index contributed by atoms with van der Waals surface area (Å²) < 4.78 is 7.56. The maximum absolute atomic E-state index is 13.3. The number of piperazine rings is 1. The van der Waals surface area contributed by atoms with Crippen molar-refractivity contribution >= 4 is 23.2 Å². The number of aromatic nitrogens is 3. The first kappa shape index (κ1) is 28.2. The number of fused-ring (bicyclic) bond motifs is 1. The second-order valence-electron chi connectivity index (χ2n) is 11.0. The van der Waals surface area contributed by atoms with E-state index < -0.39 is 11.5 Å². The Hall–Kier alpha value is -4.32. The second kappa shape index (κ2) is 11.7. The Bertz CT molecular complexity index is 1640. The monoisotopic (exact) mass is 558 g/mol. The molecule has 1 aliphatic heterocycles. The van der Waals surface area contributed by atoms with Crippen LogP contribution in [-0.2, 0) is 13.1 Å². The zero-order chi connectivity index (χ0) is 29.1. The molecular formula is C30H34N6O5. The molecule has 11 heteroatoms. The molecule has 1 aliphatic rings. The zero-order valence-electron chi connectivity index (χ0n) is 23.4. The van der Waals surface area contributed by atoms with Gasteiger partial charge in [-0.2, -0.15) is 4.99 Å². The number of pyridine rings is 1. The summed E-state index contributed by atoms with van der Waals surface area (Å²) in [6, 6.07) is 12.0. The molecule has 1 amide bonds. The number of hydrogen-bond acceptors (Lipinski definition) is 8. The molecule has 0 saturated carbocycles. The number of carbonyl (C=O) groups is 2. The van der Waals surface area contributed by atoms with Gasteiger partial charge in [-0.05, 0) is 56.8 Å². The number of imidazole rings is 1. The number of aliphatic hydroxyl groups is 1. The number of hydrogen-bond donors (Lipinski definition) is 3. The largest absolute Gasteiger partial charge is 0.507 e. The predicted molar refractivity (Wildman–Crippen MR) is 153 cm³/mol. The molecule has 0 atom stereocenters. The molecule has 2 aromatic carbocycles. The van der Waals surface area contributed by atoms with Crippen LogP contribution in [0.3, 0.4) is 0 Å². The lowest BCUT2D eigenvalue weighted by Gasteiger charge is -2.32. The van der Waals surface area contributed by atoms with Gasteiger partial charge in [-0.1, -0.05) is 12.1 Å². The number of nitrogens with one attached hydrogen (secondary N) is 1. The summed E-state index contributed by atoms with van der Waals surface area (Å²) >= 11 is 0. The van der Waals surface area contributed by atoms with E-state index in [2.05, 4.69) is 43.9 Å². The maximum Gasteiger partial charge on any atom is 0.281 e. The lowest BCUT2D eigenvalue weighted by atomic mass is 10.1. The van der Waals surface area contributed by atoms with Crippen LogP contribution in [0.25, 0.3) is 11.0 Å². The first-order valence-corrected chi connectivity index (χ1v) is 13.4. The van der Waals surface area contributed by atoms with Crippen LogP contribution in [0.5, 0.6) is 17.2 Å². The van der Waals surface area contributed by atoms with Crippen molar-refractivity contribution in [3.8, 4) is 17.2 Å². The SMILES string of the molecule is CN1CCN(Cc2ccc3[nH]/c(=N\C(=O)c4cncc(Oc5cccc(O)c5C=O)c4)n(CC(C)(C)O)c3c2)CC1. The molecule has 2 aromatic heterocycles. The molecule has 3 heterocycles. The number of aromatic amines is 1. The van der Waals surface area contributed by atoms with Crippen molar-refractivity contribution in [1.82, 2.24) is 24.3 Å². The molecule has 214 valence electrons. The topological polar surface area (TPSA) is 136 Å². The number of nitrogens with zero attached hydrogens (tertiary/aromatic N) is 5. The average Bonchev–Trinajstić information content (AvgIpc) is 3.25. The molecular weight excluding hydrogens is 524 g/mol. The van der Waals surface area contributed by atoms with Gasteiger partial charge in [-0.3, -0.25) is 19.5 Å². The fourth-order valence-corrected chi connectivity index (χ4v) is 4.83. The summed E-state index contributed by atoms with van der Waals surface area (Å²) in [5.41, 5.74) is 2.17. The number of carbonyl (C=O) groups excluding carboxylic acids is 2. The fraction of sp³-hybridized carbons (Fsp3) is 0.333. The summed E-state index contributed by atoms with van der Waals surface area (Å²) in [7, 11) is 2.13. The highest BCUT2D eigenvalue weighted by Crippen LogP contribution is 2.30. The number of aldehydes is 1. The number of phenolic OH excluding ortho intramolecular Hbond substituents is 1. The van der Waals surface area contributed by atoms with E-state index in [4.69, 9.17) is 4.74 Å². The van der Waals surface area contributed by atoms with Crippen LogP contribution in [0.1, 0.15) is 40.1 Å². The number of benzene rings is 2. The third-order valence-corrected chi connectivity index (χ3v) is 6.96. The van der Waals surface area contributed by atoms with E-state index in [0.717, 1.165) is 49.3 Å². The van der Waals surface area contributed by atoms with E-state index in [1.54, 1.807) is 19.9 Å². The summed E-state index contributed by atoms with van der Waals surface area (Å²) in [4.78, 5) is 41.1. The van der Waals surface area contributed by atoms with Crippen LogP contribution in [0.15, 0.2) is 59.9 Å². The molecule has 0 bridgehead atoms. The standard InChI is InChI=1S/C30H34N6O5/c1-30(2,40)19-36-25-13-20(17-35-11-9-34(3)10-12-35)7-8-24(25)32-29(36)33-28(39)21-14-22(16-31-15-21)41-27-6-4-5-26(38)23(27)18-37/h4-8,13-16,18,38,40H,9-12,17,19H2,1-3H3,(H,32,33,39). The van der Waals surface area contributed by atoms with E-state index in [9.17, 15) is 19.8 Å². The van der Waals surface area contributed by atoms with Crippen molar-refractivity contribution in [1.29, 1.82) is 0 Å². The normalized spacial score (nSPS) is 15.4. The maximum atomic E-state index is 13.3. The third kappa shape index (κ3) is 6.71. The highest BCUT2D eigenvalue weighted by atomic mass is 16.5. The first-order valence-electron chi connectivity index (χ1n) is 13.4. The Balaban J connectivity index is 1.46. The van der Waals surface area contributed by atoms with Gasteiger partial charge >= 0.3 is 0 Å². The lowest BCUT2D eigenvalue weighted by Crippen LogP contribution is -2.43. The van der Waals surface area contributed by atoms with Crippen LogP contribution >= 0.6 is 0 Å². The molecule has 4 aromatic rings. The molecule has 1 saturated heterocycles. The average molecular weight is 559 g/mol. The number of ether oxygens (including phenoxy) is 1. The zero-order valence-corrected chi connectivity index (χ0v) is 23.4. The molecule has 0 aliphatic carbocycles. The van der Waals surface area contributed by atoms with Crippen LogP contribution in [-0.4, -0.2) is 85.6 Å².